The van der Waals surface area contributed by atoms with Crippen LogP contribution in [0.15, 0.2) is 50.5 Å². The van der Waals surface area contributed by atoms with Crippen molar-refractivity contribution in [3.05, 3.63) is 47.0 Å². The van der Waals surface area contributed by atoms with Crippen LogP contribution in [0.1, 0.15) is 25.7 Å². The van der Waals surface area contributed by atoms with Crippen LogP contribution in [-0.2, 0) is 4.79 Å². The molecule has 2 aromatic heterocycles. The predicted molar refractivity (Wildman–Crippen MR) is 89.8 cm³/mol. The van der Waals surface area contributed by atoms with Gasteiger partial charge < -0.3 is 31.8 Å². The molecule has 1 aromatic carbocycles. The summed E-state index contributed by atoms with van der Waals surface area (Å²) in [5.74, 6) is 0.0528. The van der Waals surface area contributed by atoms with Crippen molar-refractivity contribution in [2.45, 2.75) is 25.7 Å². The topological polar surface area (TPSA) is 110 Å². The van der Waals surface area contributed by atoms with Crippen molar-refractivity contribution in [3.63, 3.8) is 0 Å². The number of ether oxygens (including phenoxy) is 1. The van der Waals surface area contributed by atoms with Crippen LogP contribution in [0.3, 0.4) is 0 Å². The summed E-state index contributed by atoms with van der Waals surface area (Å²) in [5.41, 5.74) is 4.62. The van der Waals surface area contributed by atoms with Crippen molar-refractivity contribution >= 4 is 16.9 Å². The molecule has 26 heavy (non-hydrogen) atoms. The van der Waals surface area contributed by atoms with Gasteiger partial charge in [0.25, 0.3) is 0 Å². The van der Waals surface area contributed by atoms with Gasteiger partial charge in [-0.3, -0.25) is 9.59 Å². The van der Waals surface area contributed by atoms with Crippen molar-refractivity contribution in [3.8, 4) is 17.0 Å². The number of nitrogens with zero attached hydrogens (tertiary/aromatic N) is 1. The Labute approximate surface area is 155 Å². The zero-order chi connectivity index (χ0) is 17.6. The van der Waals surface area contributed by atoms with Crippen LogP contribution in [0, 0.1) is 0 Å². The molecule has 7 nitrogen and oxygen atoms in total. The summed E-state index contributed by atoms with van der Waals surface area (Å²) in [5, 5.41) is 4.13. The third-order valence-corrected chi connectivity index (χ3v) is 3.82. The minimum Gasteiger partial charge on any atom is -1.00 e. The van der Waals surface area contributed by atoms with Gasteiger partial charge in [0.05, 0.1) is 17.5 Å². The van der Waals surface area contributed by atoms with Gasteiger partial charge in [0.2, 0.25) is 5.43 Å². The Morgan fingerprint density at radius 3 is 2.77 bits per heavy atom. The smallest absolute Gasteiger partial charge is 0.311 e. The molecule has 138 valence electrons. The van der Waals surface area contributed by atoms with E-state index < -0.39 is 0 Å². The number of hydrogen-bond acceptors (Lipinski definition) is 6. The van der Waals surface area contributed by atoms with E-state index in [0.29, 0.717) is 34.4 Å². The summed E-state index contributed by atoms with van der Waals surface area (Å²) < 4.78 is 15.6. The molecule has 0 saturated heterocycles. The van der Waals surface area contributed by atoms with Crippen molar-refractivity contribution in [2.75, 3.05) is 6.54 Å². The molecule has 0 aliphatic rings. The van der Waals surface area contributed by atoms with Gasteiger partial charge in [0.15, 0.2) is 0 Å². The Balaban J connectivity index is 0.00000243. The second-order valence-electron chi connectivity index (χ2n) is 5.66. The van der Waals surface area contributed by atoms with Crippen LogP contribution < -0.4 is 28.3 Å². The van der Waals surface area contributed by atoms with Gasteiger partial charge in [0, 0.05) is 18.6 Å². The van der Waals surface area contributed by atoms with Crippen molar-refractivity contribution < 1.29 is 36.6 Å². The summed E-state index contributed by atoms with van der Waals surface area (Å²) >= 11 is 0. The lowest BCUT2D eigenvalue weighted by atomic mass is 10.1. The number of aromatic nitrogens is 1. The molecule has 0 fully saturated rings. The zero-order valence-corrected chi connectivity index (χ0v) is 14.8. The van der Waals surface area contributed by atoms with E-state index in [1.165, 1.54) is 18.6 Å². The molecule has 0 bridgehead atoms. The number of benzene rings is 1. The van der Waals surface area contributed by atoms with Crippen LogP contribution >= 0.6 is 0 Å². The number of carbonyl (C=O) groups excluding carboxylic acids is 1. The van der Waals surface area contributed by atoms with E-state index in [1.54, 1.807) is 18.2 Å². The summed E-state index contributed by atoms with van der Waals surface area (Å²) in [6.45, 7) is 0.870. The second-order valence-corrected chi connectivity index (χ2v) is 5.66. The summed E-state index contributed by atoms with van der Waals surface area (Å²) in [6, 6.07) is 6.29. The third-order valence-electron chi connectivity index (χ3n) is 3.82. The number of rotatable bonds is 7. The standard InChI is InChI=1S/C18H18N2O5.ClH/c19-8-3-1-2-4-17(21)25-12-5-6-13-16(10-12)23-11-14(18(13)22)15-7-9-24-20-15;/h5-7,9-11H,1-4,8,19H2;1H. The van der Waals surface area contributed by atoms with Gasteiger partial charge in [0.1, 0.15) is 29.6 Å². The molecular formula is C18H19ClN2O5. The van der Waals surface area contributed by atoms with Gasteiger partial charge in [-0.05, 0) is 31.4 Å². The van der Waals surface area contributed by atoms with E-state index in [0.717, 1.165) is 25.8 Å². The molecule has 0 spiro atoms. The van der Waals surface area contributed by atoms with Crippen LogP contribution in [0.2, 0.25) is 0 Å². The average molecular weight is 379 g/mol. The predicted octanol–water partition coefficient (Wildman–Crippen LogP) is -0.840. The molecule has 8 heteroatoms. The molecule has 3 aromatic rings. The Bertz CT molecular complexity index is 921. The van der Waals surface area contributed by atoms with E-state index in [4.69, 9.17) is 13.7 Å². The Hall–Kier alpha value is -2.64. The van der Waals surface area contributed by atoms with E-state index in [9.17, 15) is 9.59 Å². The fraction of sp³-hybridized carbons (Fsp3) is 0.278. The Morgan fingerprint density at radius 1 is 1.19 bits per heavy atom. The van der Waals surface area contributed by atoms with Crippen LogP contribution in [0.5, 0.6) is 5.75 Å². The largest absolute Gasteiger partial charge is 1.00 e. The highest BCUT2D eigenvalue weighted by molar-refractivity contribution is 5.83. The highest BCUT2D eigenvalue weighted by atomic mass is 35.5. The molecule has 0 amide bonds. The van der Waals surface area contributed by atoms with Gasteiger partial charge >= 0.3 is 5.97 Å². The van der Waals surface area contributed by atoms with Crippen molar-refractivity contribution in [2.24, 2.45) is 0 Å². The lowest BCUT2D eigenvalue weighted by Gasteiger charge is -2.05. The number of hydrogen-bond donors (Lipinski definition) is 1. The fourth-order valence-corrected chi connectivity index (χ4v) is 2.51. The lowest BCUT2D eigenvalue weighted by molar-refractivity contribution is -0.368. The number of fused-ring (bicyclic) bond motifs is 1. The van der Waals surface area contributed by atoms with Crippen LogP contribution in [-0.4, -0.2) is 17.7 Å². The first kappa shape index (κ1) is 19.7. The quantitative estimate of drug-likeness (QED) is 0.326. The summed E-state index contributed by atoms with van der Waals surface area (Å²) in [6.07, 6.45) is 5.80. The monoisotopic (exact) mass is 378 g/mol. The molecule has 0 radical (unpaired) electrons. The number of halogens is 1. The Morgan fingerprint density at radius 2 is 2.04 bits per heavy atom. The molecule has 2 heterocycles. The molecule has 3 N–H and O–H groups in total. The van der Waals surface area contributed by atoms with E-state index in [-0.39, 0.29) is 23.8 Å². The zero-order valence-electron chi connectivity index (χ0n) is 14.1. The maximum Gasteiger partial charge on any atom is 0.311 e. The molecule has 0 unspecified atom stereocenters. The maximum atomic E-state index is 12.5. The molecular weight excluding hydrogens is 360 g/mol. The highest BCUT2D eigenvalue weighted by Gasteiger charge is 2.13. The first-order valence-electron chi connectivity index (χ1n) is 8.15. The first-order chi connectivity index (χ1) is 12.2. The number of esters is 1. The summed E-state index contributed by atoms with van der Waals surface area (Å²) in [4.78, 5) is 24.3. The van der Waals surface area contributed by atoms with Crippen LogP contribution in [0.25, 0.3) is 22.2 Å². The normalized spacial score (nSPS) is 10.5. The van der Waals surface area contributed by atoms with E-state index >= 15 is 0 Å². The second kappa shape index (κ2) is 9.17. The molecule has 0 aliphatic carbocycles. The van der Waals surface area contributed by atoms with Gasteiger partial charge in [-0.25, -0.2) is 0 Å². The van der Waals surface area contributed by atoms with Crippen molar-refractivity contribution in [1.29, 1.82) is 0 Å². The number of unbranched alkanes of at least 4 members (excludes halogenated alkanes) is 2. The van der Waals surface area contributed by atoms with E-state index in [2.05, 4.69) is 10.9 Å². The number of carbonyl (C=O) groups is 1. The van der Waals surface area contributed by atoms with Gasteiger partial charge in [-0.1, -0.05) is 5.16 Å². The maximum absolute atomic E-state index is 12.5. The fourth-order valence-electron chi connectivity index (χ4n) is 2.51. The molecule has 0 saturated carbocycles. The Kier molecular flexibility index (Phi) is 6.94. The lowest BCUT2D eigenvalue weighted by Crippen LogP contribution is -3.00. The van der Waals surface area contributed by atoms with Crippen LogP contribution in [0.4, 0.5) is 0 Å². The van der Waals surface area contributed by atoms with Gasteiger partial charge in [-0.15, -0.1) is 0 Å². The first-order valence-corrected chi connectivity index (χ1v) is 8.15. The summed E-state index contributed by atoms with van der Waals surface area (Å²) in [7, 11) is 0. The van der Waals surface area contributed by atoms with E-state index in [1.807, 2.05) is 0 Å². The van der Waals surface area contributed by atoms with Gasteiger partial charge in [-0.2, -0.15) is 0 Å². The molecule has 3 rings (SSSR count). The average Bonchev–Trinajstić information content (AvgIpc) is 3.13. The molecule has 0 atom stereocenters. The van der Waals surface area contributed by atoms with Crippen molar-refractivity contribution in [1.82, 2.24) is 5.16 Å². The SMILES string of the molecule is [Cl-].[NH3+]CCCCCC(=O)Oc1ccc2c(=O)c(-c3ccon3)coc2c1. The third kappa shape index (κ3) is 4.50. The minimum atomic E-state index is -0.301. The highest BCUT2D eigenvalue weighted by Crippen LogP contribution is 2.22. The number of quaternary nitrogens is 1. The minimum absolute atomic E-state index is 0. The molecule has 0 aliphatic heterocycles.